The molecular weight excluding hydrogens is 270 g/mol. The lowest BCUT2D eigenvalue weighted by atomic mass is 9.68. The topological polar surface area (TPSA) is 12.5 Å². The first-order valence-corrected chi connectivity index (χ1v) is 8.71. The molecule has 1 aromatic carbocycles. The average molecular weight is 303 g/mol. The highest BCUT2D eigenvalue weighted by Crippen LogP contribution is 2.51. The van der Waals surface area contributed by atoms with E-state index in [0.29, 0.717) is 0 Å². The molecule has 0 aromatic heterocycles. The predicted octanol–water partition coefficient (Wildman–Crippen LogP) is 4.98. The van der Waals surface area contributed by atoms with Crippen LogP contribution in [0.25, 0.3) is 0 Å². The first-order valence-electron chi connectivity index (χ1n) is 8.71. The monoisotopic (exact) mass is 303 g/mol. The van der Waals surface area contributed by atoms with Crippen LogP contribution in [-0.2, 0) is 10.3 Å². The molecule has 0 spiro atoms. The summed E-state index contributed by atoms with van der Waals surface area (Å²) < 4.78 is 6.82. The average Bonchev–Trinajstić information content (AvgIpc) is 2.51. The van der Waals surface area contributed by atoms with Gasteiger partial charge in [-0.1, -0.05) is 50.6 Å². The molecule has 22 heavy (non-hydrogen) atoms. The van der Waals surface area contributed by atoms with E-state index in [2.05, 4.69) is 83.8 Å². The molecular formula is C20H33NO. The van der Waals surface area contributed by atoms with Crippen molar-refractivity contribution in [1.82, 2.24) is 4.90 Å². The molecule has 1 aromatic rings. The fourth-order valence-electron chi connectivity index (χ4n) is 4.34. The van der Waals surface area contributed by atoms with Crippen molar-refractivity contribution in [3.05, 3.63) is 35.9 Å². The minimum atomic E-state index is -0.296. The number of morpholine rings is 1. The lowest BCUT2D eigenvalue weighted by Gasteiger charge is -2.64. The van der Waals surface area contributed by atoms with Gasteiger partial charge in [0.05, 0.1) is 11.6 Å². The van der Waals surface area contributed by atoms with Gasteiger partial charge in [-0.05, 0) is 53.1 Å². The molecule has 1 heterocycles. The van der Waals surface area contributed by atoms with Crippen LogP contribution in [0, 0.1) is 0 Å². The van der Waals surface area contributed by atoms with Crippen molar-refractivity contribution in [3.8, 4) is 0 Å². The van der Waals surface area contributed by atoms with Crippen molar-refractivity contribution in [2.75, 3.05) is 7.05 Å². The lowest BCUT2D eigenvalue weighted by Crippen LogP contribution is -2.73. The molecule has 0 bridgehead atoms. The van der Waals surface area contributed by atoms with Crippen LogP contribution in [0.4, 0.5) is 0 Å². The molecule has 2 rings (SSSR count). The summed E-state index contributed by atoms with van der Waals surface area (Å²) in [5, 5.41) is 0. The molecule has 1 aliphatic rings. The van der Waals surface area contributed by atoms with Gasteiger partial charge in [0.25, 0.3) is 0 Å². The van der Waals surface area contributed by atoms with Gasteiger partial charge in [-0.15, -0.1) is 0 Å². The molecule has 0 aliphatic carbocycles. The quantitative estimate of drug-likeness (QED) is 0.778. The molecule has 1 aliphatic heterocycles. The van der Waals surface area contributed by atoms with Gasteiger partial charge in [-0.3, -0.25) is 4.90 Å². The van der Waals surface area contributed by atoms with Crippen molar-refractivity contribution in [1.29, 1.82) is 0 Å². The van der Waals surface area contributed by atoms with Crippen LogP contribution >= 0.6 is 0 Å². The van der Waals surface area contributed by atoms with Crippen molar-refractivity contribution in [2.45, 2.75) is 83.6 Å². The number of benzene rings is 1. The third-order valence-corrected chi connectivity index (χ3v) is 6.23. The number of rotatable bonds is 4. The Kier molecular flexibility index (Phi) is 4.75. The maximum atomic E-state index is 6.82. The lowest BCUT2D eigenvalue weighted by molar-refractivity contribution is -0.269. The van der Waals surface area contributed by atoms with Gasteiger partial charge >= 0.3 is 0 Å². The van der Waals surface area contributed by atoms with E-state index in [9.17, 15) is 0 Å². The van der Waals surface area contributed by atoms with E-state index in [0.717, 1.165) is 19.3 Å². The van der Waals surface area contributed by atoms with Gasteiger partial charge in [-0.2, -0.15) is 0 Å². The molecule has 2 heteroatoms. The fourth-order valence-corrected chi connectivity index (χ4v) is 4.34. The summed E-state index contributed by atoms with van der Waals surface area (Å²) in [6, 6.07) is 10.8. The van der Waals surface area contributed by atoms with Gasteiger partial charge in [0.1, 0.15) is 5.60 Å². The SMILES string of the molecule is CCCC1(C)N(C)C(C)(C)C(CC)OC1(C)c1ccccc1. The standard InChI is InChI=1S/C20H33NO/c1-8-15-19(5)20(6,16-13-11-10-12-14-16)22-17(9-2)18(3,4)21(19)7/h10-14,17H,8-9,15H2,1-7H3. The van der Waals surface area contributed by atoms with Crippen molar-refractivity contribution in [3.63, 3.8) is 0 Å². The summed E-state index contributed by atoms with van der Waals surface area (Å²) in [6.45, 7) is 13.8. The number of hydrogen-bond acceptors (Lipinski definition) is 2. The minimum absolute atomic E-state index is 0.0295. The van der Waals surface area contributed by atoms with Crippen LogP contribution in [0.1, 0.15) is 66.4 Å². The van der Waals surface area contributed by atoms with Gasteiger partial charge < -0.3 is 4.74 Å². The summed E-state index contributed by atoms with van der Waals surface area (Å²) in [6.07, 6.45) is 3.53. The van der Waals surface area contributed by atoms with E-state index in [1.54, 1.807) is 0 Å². The van der Waals surface area contributed by atoms with E-state index >= 15 is 0 Å². The Morgan fingerprint density at radius 3 is 2.14 bits per heavy atom. The summed E-state index contributed by atoms with van der Waals surface area (Å²) in [7, 11) is 2.28. The number of ether oxygens (including phenoxy) is 1. The van der Waals surface area contributed by atoms with Gasteiger partial charge in [0, 0.05) is 5.54 Å². The third kappa shape index (κ3) is 2.41. The smallest absolute Gasteiger partial charge is 0.109 e. The molecule has 0 N–H and O–H groups in total. The maximum absolute atomic E-state index is 6.82. The molecule has 0 saturated carbocycles. The van der Waals surface area contributed by atoms with Crippen molar-refractivity contribution < 1.29 is 4.74 Å². The van der Waals surface area contributed by atoms with Crippen LogP contribution < -0.4 is 0 Å². The zero-order valence-corrected chi connectivity index (χ0v) is 15.4. The molecule has 124 valence electrons. The van der Waals surface area contributed by atoms with E-state index in [1.165, 1.54) is 5.56 Å². The zero-order chi connectivity index (χ0) is 16.6. The Labute approximate surface area is 136 Å². The van der Waals surface area contributed by atoms with Gasteiger partial charge in [-0.25, -0.2) is 0 Å². The first-order chi connectivity index (χ1) is 10.2. The summed E-state index contributed by atoms with van der Waals surface area (Å²) in [5.41, 5.74) is 0.993. The predicted molar refractivity (Wildman–Crippen MR) is 94.1 cm³/mol. The number of hydrogen-bond donors (Lipinski definition) is 0. The zero-order valence-electron chi connectivity index (χ0n) is 15.4. The van der Waals surface area contributed by atoms with E-state index in [-0.39, 0.29) is 22.8 Å². The second-order valence-corrected chi connectivity index (χ2v) is 7.65. The van der Waals surface area contributed by atoms with E-state index in [4.69, 9.17) is 4.74 Å². The number of nitrogens with zero attached hydrogens (tertiary/aromatic N) is 1. The summed E-state index contributed by atoms with van der Waals surface area (Å²) in [5.74, 6) is 0. The highest BCUT2D eigenvalue weighted by molar-refractivity contribution is 5.29. The Balaban J connectivity index is 2.59. The second kappa shape index (κ2) is 5.98. The van der Waals surface area contributed by atoms with Gasteiger partial charge in [0.15, 0.2) is 0 Å². The van der Waals surface area contributed by atoms with Crippen LogP contribution in [0.15, 0.2) is 30.3 Å². The fraction of sp³-hybridized carbons (Fsp3) is 0.700. The Bertz CT molecular complexity index is 498. The number of likely N-dealkylation sites (N-methyl/N-ethyl adjacent to an activating group) is 1. The van der Waals surface area contributed by atoms with Crippen LogP contribution in [-0.4, -0.2) is 29.1 Å². The van der Waals surface area contributed by atoms with Crippen molar-refractivity contribution >= 4 is 0 Å². The van der Waals surface area contributed by atoms with E-state index < -0.39 is 0 Å². The van der Waals surface area contributed by atoms with Crippen LogP contribution in [0.2, 0.25) is 0 Å². The van der Waals surface area contributed by atoms with Gasteiger partial charge in [0.2, 0.25) is 0 Å². The molecule has 3 atom stereocenters. The highest BCUT2D eigenvalue weighted by atomic mass is 16.5. The maximum Gasteiger partial charge on any atom is 0.109 e. The first kappa shape index (κ1) is 17.5. The molecule has 0 amide bonds. The molecule has 1 fully saturated rings. The Morgan fingerprint density at radius 1 is 1.05 bits per heavy atom. The second-order valence-electron chi connectivity index (χ2n) is 7.65. The Morgan fingerprint density at radius 2 is 1.64 bits per heavy atom. The van der Waals surface area contributed by atoms with E-state index in [1.807, 2.05) is 0 Å². The summed E-state index contributed by atoms with van der Waals surface area (Å²) >= 11 is 0. The van der Waals surface area contributed by atoms with Crippen molar-refractivity contribution in [2.24, 2.45) is 0 Å². The minimum Gasteiger partial charge on any atom is -0.364 e. The molecule has 1 saturated heterocycles. The molecule has 0 radical (unpaired) electrons. The molecule has 3 unspecified atom stereocenters. The highest BCUT2D eigenvalue weighted by Gasteiger charge is 2.59. The van der Waals surface area contributed by atoms with Crippen LogP contribution in [0.3, 0.4) is 0 Å². The summed E-state index contributed by atoms with van der Waals surface area (Å²) in [4.78, 5) is 2.58. The normalized spacial score (nSPS) is 35.5. The Hall–Kier alpha value is -0.860. The largest absolute Gasteiger partial charge is 0.364 e. The molecule has 2 nitrogen and oxygen atoms in total. The third-order valence-electron chi connectivity index (χ3n) is 6.23. The van der Waals surface area contributed by atoms with Crippen LogP contribution in [0.5, 0.6) is 0 Å².